The average Bonchev–Trinajstić information content (AvgIpc) is 2.45. The van der Waals surface area contributed by atoms with Gasteiger partial charge in [-0.25, -0.2) is 0 Å². The SMILES string of the molecule is COCC(C)N(C)c1c(C(N)=S)cnc2ccccc12. The first-order valence-corrected chi connectivity index (χ1v) is 6.86. The minimum atomic E-state index is 0.207. The number of pyridine rings is 1. The van der Waals surface area contributed by atoms with E-state index in [1.807, 2.05) is 31.3 Å². The minimum Gasteiger partial charge on any atom is -0.389 e. The summed E-state index contributed by atoms with van der Waals surface area (Å²) < 4.78 is 5.24. The molecule has 0 amide bonds. The molecule has 1 atom stereocenters. The first kappa shape index (κ1) is 14.7. The number of hydrogen-bond acceptors (Lipinski definition) is 4. The quantitative estimate of drug-likeness (QED) is 0.856. The largest absolute Gasteiger partial charge is 0.389 e. The normalized spacial score (nSPS) is 12.3. The molecular weight excluding hydrogens is 270 g/mol. The first-order valence-electron chi connectivity index (χ1n) is 6.45. The van der Waals surface area contributed by atoms with Gasteiger partial charge in [-0.05, 0) is 13.0 Å². The molecule has 1 aromatic heterocycles. The molecule has 0 bridgehead atoms. The van der Waals surface area contributed by atoms with Crippen LogP contribution in [0.25, 0.3) is 10.9 Å². The van der Waals surface area contributed by atoms with Gasteiger partial charge in [-0.1, -0.05) is 30.4 Å². The molecule has 1 aromatic carbocycles. The minimum absolute atomic E-state index is 0.207. The van der Waals surface area contributed by atoms with E-state index in [0.29, 0.717) is 11.6 Å². The van der Waals surface area contributed by atoms with Gasteiger partial charge in [0.15, 0.2) is 0 Å². The molecule has 0 fully saturated rings. The van der Waals surface area contributed by atoms with Crippen LogP contribution in [0.2, 0.25) is 0 Å². The first-order chi connectivity index (χ1) is 9.56. The third kappa shape index (κ3) is 2.73. The van der Waals surface area contributed by atoms with Crippen molar-refractivity contribution in [2.24, 2.45) is 5.73 Å². The van der Waals surface area contributed by atoms with Crippen LogP contribution in [0.5, 0.6) is 0 Å². The van der Waals surface area contributed by atoms with Crippen LogP contribution >= 0.6 is 12.2 Å². The molecule has 5 heteroatoms. The van der Waals surface area contributed by atoms with Crippen molar-refractivity contribution in [1.82, 2.24) is 4.98 Å². The topological polar surface area (TPSA) is 51.4 Å². The number of anilines is 1. The molecule has 2 rings (SSSR count). The monoisotopic (exact) mass is 289 g/mol. The number of nitrogens with two attached hydrogens (primary N) is 1. The zero-order chi connectivity index (χ0) is 14.7. The summed E-state index contributed by atoms with van der Waals surface area (Å²) in [7, 11) is 3.72. The number of likely N-dealkylation sites (N-methyl/N-ethyl adjacent to an activating group) is 1. The Bertz CT molecular complexity index is 630. The fraction of sp³-hybridized carbons (Fsp3) is 0.333. The fourth-order valence-corrected chi connectivity index (χ4v) is 2.41. The highest BCUT2D eigenvalue weighted by atomic mass is 32.1. The highest BCUT2D eigenvalue weighted by Crippen LogP contribution is 2.30. The van der Waals surface area contributed by atoms with Gasteiger partial charge in [0.05, 0.1) is 23.4 Å². The molecule has 2 N–H and O–H groups in total. The number of fused-ring (bicyclic) bond motifs is 1. The van der Waals surface area contributed by atoms with Gasteiger partial charge in [-0.3, -0.25) is 4.98 Å². The molecule has 2 aromatic rings. The number of para-hydroxylation sites is 1. The van der Waals surface area contributed by atoms with E-state index in [1.54, 1.807) is 13.3 Å². The van der Waals surface area contributed by atoms with Crippen molar-refractivity contribution in [3.63, 3.8) is 0 Å². The molecular formula is C15H19N3OS. The lowest BCUT2D eigenvalue weighted by molar-refractivity contribution is 0.183. The number of rotatable bonds is 5. The summed E-state index contributed by atoms with van der Waals surface area (Å²) in [5, 5.41) is 1.04. The third-order valence-corrected chi connectivity index (χ3v) is 3.65. The molecule has 0 saturated carbocycles. The molecule has 106 valence electrons. The lowest BCUT2D eigenvalue weighted by atomic mass is 10.1. The Kier molecular flexibility index (Phi) is 4.52. The lowest BCUT2D eigenvalue weighted by Crippen LogP contribution is -2.34. The van der Waals surface area contributed by atoms with E-state index in [4.69, 9.17) is 22.7 Å². The Balaban J connectivity index is 2.63. The number of benzene rings is 1. The van der Waals surface area contributed by atoms with Gasteiger partial charge >= 0.3 is 0 Å². The predicted molar refractivity (Wildman–Crippen MR) is 87.4 cm³/mol. The smallest absolute Gasteiger partial charge is 0.107 e. The van der Waals surface area contributed by atoms with Gasteiger partial charge in [0.25, 0.3) is 0 Å². The number of nitrogens with zero attached hydrogens (tertiary/aromatic N) is 2. The maximum atomic E-state index is 5.85. The van der Waals surface area contributed by atoms with E-state index in [2.05, 4.69) is 16.8 Å². The van der Waals surface area contributed by atoms with Crippen LogP contribution in [0.15, 0.2) is 30.5 Å². The summed E-state index contributed by atoms with van der Waals surface area (Å²) in [4.78, 5) is 6.92. The van der Waals surface area contributed by atoms with Gasteiger partial charge in [-0.15, -0.1) is 0 Å². The summed E-state index contributed by atoms with van der Waals surface area (Å²) in [5.41, 5.74) is 8.58. The van der Waals surface area contributed by atoms with Crippen LogP contribution in [0.4, 0.5) is 5.69 Å². The molecule has 1 heterocycles. The highest BCUT2D eigenvalue weighted by Gasteiger charge is 2.18. The van der Waals surface area contributed by atoms with E-state index in [0.717, 1.165) is 22.2 Å². The lowest BCUT2D eigenvalue weighted by Gasteiger charge is -2.29. The molecule has 0 radical (unpaired) electrons. The summed E-state index contributed by atoms with van der Waals surface area (Å²) in [5.74, 6) is 0. The molecule has 0 saturated heterocycles. The number of aromatic nitrogens is 1. The van der Waals surface area contributed by atoms with E-state index >= 15 is 0 Å². The van der Waals surface area contributed by atoms with Gasteiger partial charge in [0, 0.05) is 31.8 Å². The zero-order valence-corrected chi connectivity index (χ0v) is 12.8. The van der Waals surface area contributed by atoms with Crippen LogP contribution in [-0.4, -0.2) is 36.8 Å². The summed E-state index contributed by atoms with van der Waals surface area (Å²) in [6.45, 7) is 2.73. The van der Waals surface area contributed by atoms with Crippen molar-refractivity contribution < 1.29 is 4.74 Å². The Morgan fingerprint density at radius 1 is 1.45 bits per heavy atom. The average molecular weight is 289 g/mol. The highest BCUT2D eigenvalue weighted by molar-refractivity contribution is 7.80. The number of methoxy groups -OCH3 is 1. The summed E-state index contributed by atoms with van der Waals surface area (Å²) in [6, 6.07) is 8.19. The fourth-order valence-electron chi connectivity index (χ4n) is 2.26. The van der Waals surface area contributed by atoms with E-state index in [9.17, 15) is 0 Å². The Hall–Kier alpha value is -1.72. The van der Waals surface area contributed by atoms with Gasteiger partial charge in [0.1, 0.15) is 4.99 Å². The van der Waals surface area contributed by atoms with Crippen molar-refractivity contribution in [1.29, 1.82) is 0 Å². The predicted octanol–water partition coefficient (Wildman–Crippen LogP) is 2.34. The number of ether oxygens (including phenoxy) is 1. The van der Waals surface area contributed by atoms with Crippen molar-refractivity contribution in [3.8, 4) is 0 Å². The van der Waals surface area contributed by atoms with Crippen LogP contribution in [-0.2, 0) is 4.74 Å². The molecule has 0 spiro atoms. The number of thiocarbonyl (C=S) groups is 1. The third-order valence-electron chi connectivity index (χ3n) is 3.43. The maximum absolute atomic E-state index is 5.85. The van der Waals surface area contributed by atoms with E-state index in [-0.39, 0.29) is 6.04 Å². The second kappa shape index (κ2) is 6.15. The second-order valence-electron chi connectivity index (χ2n) is 4.82. The zero-order valence-electron chi connectivity index (χ0n) is 12.0. The molecule has 0 aliphatic carbocycles. The molecule has 20 heavy (non-hydrogen) atoms. The Labute approximate surface area is 124 Å². The van der Waals surface area contributed by atoms with Crippen molar-refractivity contribution in [2.45, 2.75) is 13.0 Å². The molecule has 0 aliphatic rings. The van der Waals surface area contributed by atoms with Crippen molar-refractivity contribution in [3.05, 3.63) is 36.0 Å². The summed E-state index contributed by atoms with van der Waals surface area (Å²) >= 11 is 5.16. The van der Waals surface area contributed by atoms with Gasteiger partial charge in [-0.2, -0.15) is 0 Å². The van der Waals surface area contributed by atoms with E-state index in [1.165, 1.54) is 0 Å². The Morgan fingerprint density at radius 3 is 2.80 bits per heavy atom. The van der Waals surface area contributed by atoms with Crippen LogP contribution in [0.3, 0.4) is 0 Å². The summed E-state index contributed by atoms with van der Waals surface area (Å²) in [6.07, 6.45) is 1.75. The maximum Gasteiger partial charge on any atom is 0.107 e. The second-order valence-corrected chi connectivity index (χ2v) is 5.26. The number of hydrogen-bond donors (Lipinski definition) is 1. The van der Waals surface area contributed by atoms with Crippen molar-refractivity contribution in [2.75, 3.05) is 25.7 Å². The molecule has 1 unspecified atom stereocenters. The molecule has 0 aliphatic heterocycles. The van der Waals surface area contributed by atoms with E-state index < -0.39 is 0 Å². The Morgan fingerprint density at radius 2 is 2.15 bits per heavy atom. The standard InChI is InChI=1S/C15H19N3OS/c1-10(9-19-3)18(2)14-11-6-4-5-7-13(11)17-8-12(14)15(16)20/h4-8,10H,9H2,1-3H3,(H2,16,20). The van der Waals surface area contributed by atoms with Crippen LogP contribution in [0, 0.1) is 0 Å². The van der Waals surface area contributed by atoms with Gasteiger partial charge < -0.3 is 15.4 Å². The van der Waals surface area contributed by atoms with Crippen LogP contribution in [0.1, 0.15) is 12.5 Å². The molecule has 4 nitrogen and oxygen atoms in total. The van der Waals surface area contributed by atoms with Gasteiger partial charge in [0.2, 0.25) is 0 Å². The van der Waals surface area contributed by atoms with Crippen LogP contribution < -0.4 is 10.6 Å². The van der Waals surface area contributed by atoms with Crippen molar-refractivity contribution >= 4 is 33.8 Å².